The minimum absolute atomic E-state index is 0.00338. The Hall–Kier alpha value is -3.03. The number of carbonyl (C=O) groups excluding carboxylic acids is 1. The minimum atomic E-state index is -0.930. The third kappa shape index (κ3) is 6.77. The lowest BCUT2D eigenvalue weighted by Crippen LogP contribution is -2.37. The number of hydrogen-bond donors (Lipinski definition) is 2. The molecule has 0 aliphatic carbocycles. The molecule has 0 bridgehead atoms. The van der Waals surface area contributed by atoms with Gasteiger partial charge >= 0.3 is 5.97 Å². The summed E-state index contributed by atoms with van der Waals surface area (Å²) in [4.78, 5) is 12.0. The number of para-hydroxylation sites is 1. The number of aliphatic hydroxyl groups excluding tert-OH is 1. The van der Waals surface area contributed by atoms with E-state index in [0.29, 0.717) is 17.9 Å². The van der Waals surface area contributed by atoms with E-state index in [2.05, 4.69) is 47.1 Å². The van der Waals surface area contributed by atoms with Crippen LogP contribution in [0.4, 0.5) is 0 Å². The van der Waals surface area contributed by atoms with E-state index in [1.807, 2.05) is 25.1 Å². The van der Waals surface area contributed by atoms with E-state index in [1.165, 1.54) is 23.7 Å². The van der Waals surface area contributed by atoms with Crippen molar-refractivity contribution in [1.29, 1.82) is 0 Å². The number of fused-ring (bicyclic) bond motifs is 1. The van der Waals surface area contributed by atoms with Crippen LogP contribution in [0.2, 0.25) is 0 Å². The molecule has 0 spiro atoms. The van der Waals surface area contributed by atoms with Gasteiger partial charge in [-0.3, -0.25) is 4.79 Å². The number of rotatable bonds is 14. The third-order valence-corrected chi connectivity index (χ3v) is 6.15. The van der Waals surface area contributed by atoms with Gasteiger partial charge in [-0.25, -0.2) is 0 Å². The van der Waals surface area contributed by atoms with Crippen LogP contribution in [-0.4, -0.2) is 55.2 Å². The van der Waals surface area contributed by atoms with E-state index >= 15 is 0 Å². The average Bonchev–Trinajstić information content (AvgIpc) is 3.25. The lowest BCUT2D eigenvalue weighted by molar-refractivity contribution is -0.149. The summed E-state index contributed by atoms with van der Waals surface area (Å²) in [7, 11) is 3.35. The van der Waals surface area contributed by atoms with Gasteiger partial charge in [-0.2, -0.15) is 0 Å². The Balaban J connectivity index is 1.72. The van der Waals surface area contributed by atoms with E-state index in [9.17, 15) is 9.90 Å². The molecule has 0 fully saturated rings. The van der Waals surface area contributed by atoms with Crippen LogP contribution in [0.1, 0.15) is 39.5 Å². The zero-order valence-corrected chi connectivity index (χ0v) is 21.3. The molecular weight excluding hydrogens is 444 g/mol. The number of likely N-dealkylation sites (N-methyl/N-ethyl adjacent to an activating group) is 1. The molecule has 0 amide bonds. The van der Waals surface area contributed by atoms with E-state index in [-0.39, 0.29) is 25.2 Å². The molecule has 35 heavy (non-hydrogen) atoms. The fourth-order valence-electron chi connectivity index (χ4n) is 4.18. The largest absolute Gasteiger partial charge is 0.496 e. The highest BCUT2D eigenvalue weighted by Gasteiger charge is 2.18. The summed E-state index contributed by atoms with van der Waals surface area (Å²) < 4.78 is 19.0. The summed E-state index contributed by atoms with van der Waals surface area (Å²) in [6, 6.07) is 15.9. The number of aryl methyl sites for hydroxylation is 1. The summed E-state index contributed by atoms with van der Waals surface area (Å²) in [6.07, 6.45) is 3.15. The molecule has 2 atom stereocenters. The molecule has 0 saturated heterocycles. The van der Waals surface area contributed by atoms with Crippen LogP contribution in [0.25, 0.3) is 22.2 Å². The topological polar surface area (TPSA) is 82.0 Å². The molecule has 3 rings (SSSR count). The smallest absolute Gasteiger partial charge is 0.323 e. The van der Waals surface area contributed by atoms with Gasteiger partial charge in [-0.05, 0) is 44.2 Å². The SMILES string of the molecule is CCCCCn1c(-c2ccc(OCC(O)COC(=O)C(CC)NC)cc2OC)cc2ccccc21. The predicted molar refractivity (Wildman–Crippen MR) is 139 cm³/mol. The van der Waals surface area contributed by atoms with Gasteiger partial charge in [0.05, 0.1) is 12.8 Å². The quantitative estimate of drug-likeness (QED) is 0.254. The highest BCUT2D eigenvalue weighted by molar-refractivity contribution is 5.88. The van der Waals surface area contributed by atoms with Gasteiger partial charge in [0.1, 0.15) is 36.9 Å². The number of aliphatic hydroxyl groups is 1. The maximum absolute atomic E-state index is 12.0. The monoisotopic (exact) mass is 482 g/mol. The number of ether oxygens (including phenoxy) is 3. The first kappa shape index (κ1) is 26.6. The van der Waals surface area contributed by atoms with Crippen molar-refractivity contribution < 1.29 is 24.1 Å². The minimum Gasteiger partial charge on any atom is -0.496 e. The molecule has 2 unspecified atom stereocenters. The van der Waals surface area contributed by atoms with Gasteiger partial charge < -0.3 is 29.2 Å². The second kappa shape index (κ2) is 13.2. The van der Waals surface area contributed by atoms with Crippen molar-refractivity contribution in [3.8, 4) is 22.8 Å². The number of methoxy groups -OCH3 is 1. The predicted octanol–water partition coefficient (Wildman–Crippen LogP) is 4.79. The van der Waals surface area contributed by atoms with E-state index in [4.69, 9.17) is 14.2 Å². The number of aromatic nitrogens is 1. The normalized spacial score (nSPS) is 12.9. The molecule has 1 aromatic heterocycles. The third-order valence-electron chi connectivity index (χ3n) is 6.15. The van der Waals surface area contributed by atoms with Crippen molar-refractivity contribution in [3.05, 3.63) is 48.5 Å². The molecule has 0 radical (unpaired) electrons. The maximum Gasteiger partial charge on any atom is 0.323 e. The Kier molecular flexibility index (Phi) is 9.99. The van der Waals surface area contributed by atoms with Crippen molar-refractivity contribution in [1.82, 2.24) is 9.88 Å². The van der Waals surface area contributed by atoms with E-state index in [1.54, 1.807) is 14.2 Å². The standard InChI is InChI=1S/C28H38N2O5/c1-5-7-10-15-30-25-12-9-8-11-20(25)16-26(30)23-14-13-22(17-27(23)33-4)34-18-21(31)19-35-28(32)24(6-2)29-3/h8-9,11-14,16-17,21,24,29,31H,5-7,10,15,18-19H2,1-4H3. The van der Waals surface area contributed by atoms with Crippen LogP contribution < -0.4 is 14.8 Å². The Bertz CT molecular complexity index is 1090. The molecular formula is C28H38N2O5. The lowest BCUT2D eigenvalue weighted by atomic mass is 10.1. The molecule has 2 N–H and O–H groups in total. The second-order valence-corrected chi connectivity index (χ2v) is 8.65. The summed E-state index contributed by atoms with van der Waals surface area (Å²) in [5.74, 6) is 0.892. The zero-order chi connectivity index (χ0) is 25.2. The Morgan fingerprint density at radius 3 is 2.60 bits per heavy atom. The van der Waals surface area contributed by atoms with Gasteiger partial charge in [0.2, 0.25) is 0 Å². The van der Waals surface area contributed by atoms with Crippen LogP contribution in [0.15, 0.2) is 48.5 Å². The zero-order valence-electron chi connectivity index (χ0n) is 21.3. The molecule has 0 aliphatic rings. The Morgan fingerprint density at radius 2 is 1.89 bits per heavy atom. The number of unbranched alkanes of at least 4 members (excludes halogenated alkanes) is 2. The number of nitrogens with one attached hydrogen (secondary N) is 1. The van der Waals surface area contributed by atoms with Crippen molar-refractivity contribution in [2.24, 2.45) is 0 Å². The summed E-state index contributed by atoms with van der Waals surface area (Å²) in [5, 5.41) is 14.3. The highest BCUT2D eigenvalue weighted by atomic mass is 16.5. The molecule has 0 saturated carbocycles. The van der Waals surface area contributed by atoms with Crippen molar-refractivity contribution in [2.45, 2.75) is 58.2 Å². The highest BCUT2D eigenvalue weighted by Crippen LogP contribution is 2.37. The number of esters is 1. The first-order valence-corrected chi connectivity index (χ1v) is 12.4. The van der Waals surface area contributed by atoms with Crippen molar-refractivity contribution >= 4 is 16.9 Å². The fraction of sp³-hybridized carbons (Fsp3) is 0.464. The number of nitrogens with zero attached hydrogens (tertiary/aromatic N) is 1. The summed E-state index contributed by atoms with van der Waals surface area (Å²) in [6.45, 7) is 4.92. The van der Waals surface area contributed by atoms with Gasteiger partial charge in [0.25, 0.3) is 0 Å². The second-order valence-electron chi connectivity index (χ2n) is 8.65. The summed E-state index contributed by atoms with van der Waals surface area (Å²) in [5.41, 5.74) is 3.30. The molecule has 7 heteroatoms. The summed E-state index contributed by atoms with van der Waals surface area (Å²) >= 11 is 0. The fourth-order valence-corrected chi connectivity index (χ4v) is 4.18. The molecule has 190 valence electrons. The molecule has 1 heterocycles. The van der Waals surface area contributed by atoms with Crippen LogP contribution in [0, 0.1) is 0 Å². The average molecular weight is 483 g/mol. The molecule has 7 nitrogen and oxygen atoms in total. The number of benzene rings is 2. The van der Waals surface area contributed by atoms with Gasteiger partial charge in [-0.1, -0.05) is 44.9 Å². The molecule has 3 aromatic rings. The van der Waals surface area contributed by atoms with Crippen molar-refractivity contribution in [3.63, 3.8) is 0 Å². The van der Waals surface area contributed by atoms with Crippen LogP contribution in [-0.2, 0) is 16.1 Å². The Labute approximate surface area is 208 Å². The maximum atomic E-state index is 12.0. The van der Waals surface area contributed by atoms with E-state index in [0.717, 1.165) is 24.2 Å². The van der Waals surface area contributed by atoms with Crippen LogP contribution in [0.3, 0.4) is 0 Å². The van der Waals surface area contributed by atoms with Gasteiger partial charge in [0, 0.05) is 29.1 Å². The number of carbonyl (C=O) groups is 1. The first-order valence-electron chi connectivity index (χ1n) is 12.4. The van der Waals surface area contributed by atoms with Gasteiger partial charge in [0.15, 0.2) is 0 Å². The van der Waals surface area contributed by atoms with Crippen LogP contribution in [0.5, 0.6) is 11.5 Å². The first-order chi connectivity index (χ1) is 17.0. The lowest BCUT2D eigenvalue weighted by Gasteiger charge is -2.17. The molecule has 2 aromatic carbocycles. The Morgan fingerprint density at radius 1 is 1.09 bits per heavy atom. The van der Waals surface area contributed by atoms with Crippen LogP contribution >= 0.6 is 0 Å². The molecule has 0 aliphatic heterocycles. The van der Waals surface area contributed by atoms with Crippen molar-refractivity contribution in [2.75, 3.05) is 27.4 Å². The van der Waals surface area contributed by atoms with Gasteiger partial charge in [-0.15, -0.1) is 0 Å². The number of hydrogen-bond acceptors (Lipinski definition) is 6. The van der Waals surface area contributed by atoms with E-state index < -0.39 is 6.10 Å².